The third-order valence-electron chi connectivity index (χ3n) is 1.20. The molecule has 0 aromatic carbocycles. The number of hydrogen-bond acceptors (Lipinski definition) is 2. The van der Waals surface area contributed by atoms with Crippen molar-refractivity contribution in [2.45, 2.75) is 13.3 Å². The number of aliphatic hydroxyl groups is 1. The van der Waals surface area contributed by atoms with Gasteiger partial charge in [-0.15, -0.1) is 0 Å². The molecule has 2 nitrogen and oxygen atoms in total. The molecule has 0 aliphatic carbocycles. The average Bonchev–Trinajstić information content (AvgIpc) is 1.99. The molecule has 0 radical (unpaired) electrons. The Kier molecular flexibility index (Phi) is 5.68. The maximum Gasteiger partial charge on any atom is 0.0644 e. The van der Waals surface area contributed by atoms with Crippen molar-refractivity contribution in [2.75, 3.05) is 6.61 Å². The molecule has 0 saturated carbocycles. The van der Waals surface area contributed by atoms with Gasteiger partial charge in [-0.05, 0) is 18.1 Å². The molecule has 2 heteroatoms. The monoisotopic (exact) mass is 139 g/mol. The molecule has 0 heterocycles. The summed E-state index contributed by atoms with van der Waals surface area (Å²) < 4.78 is 0. The van der Waals surface area contributed by atoms with Gasteiger partial charge >= 0.3 is 0 Å². The van der Waals surface area contributed by atoms with Crippen molar-refractivity contribution in [2.24, 2.45) is 0 Å². The minimum absolute atomic E-state index is 0.110. The van der Waals surface area contributed by atoms with Gasteiger partial charge in [0.25, 0.3) is 0 Å². The molecule has 0 aliphatic rings. The molecule has 0 amide bonds. The van der Waals surface area contributed by atoms with Crippen LogP contribution in [0.5, 0.6) is 0 Å². The summed E-state index contributed by atoms with van der Waals surface area (Å²) in [6.45, 7) is 2.10. The number of nitrogens with one attached hydrogen (secondary N) is 1. The molecule has 0 atom stereocenters. The van der Waals surface area contributed by atoms with E-state index < -0.39 is 0 Å². The topological polar surface area (TPSA) is 44.1 Å². The molecule has 0 aliphatic heterocycles. The summed E-state index contributed by atoms with van der Waals surface area (Å²) >= 11 is 0. The van der Waals surface area contributed by atoms with E-state index >= 15 is 0 Å². The fourth-order valence-electron chi connectivity index (χ4n) is 0.530. The zero-order chi connectivity index (χ0) is 7.82. The maximum absolute atomic E-state index is 8.67. The normalized spacial score (nSPS) is 12.4. The molecular formula is C8H13NO. The molecule has 0 unspecified atom stereocenters. The lowest BCUT2D eigenvalue weighted by atomic mass is 10.2. The Labute approximate surface area is 61.4 Å². The van der Waals surface area contributed by atoms with Crippen LogP contribution in [-0.2, 0) is 0 Å². The Morgan fingerprint density at radius 2 is 2.20 bits per heavy atom. The summed E-state index contributed by atoms with van der Waals surface area (Å²) in [6, 6.07) is 0. The Balaban J connectivity index is 3.85. The quantitative estimate of drug-likeness (QED) is 0.450. The Hall–Kier alpha value is -0.890. The third-order valence-corrected chi connectivity index (χ3v) is 1.20. The van der Waals surface area contributed by atoms with Gasteiger partial charge in [0, 0.05) is 6.21 Å². The van der Waals surface area contributed by atoms with Crippen LogP contribution in [0.1, 0.15) is 13.3 Å². The van der Waals surface area contributed by atoms with Crippen LogP contribution in [0.3, 0.4) is 0 Å². The van der Waals surface area contributed by atoms with Crippen LogP contribution >= 0.6 is 0 Å². The van der Waals surface area contributed by atoms with Crippen molar-refractivity contribution in [3.05, 3.63) is 23.8 Å². The van der Waals surface area contributed by atoms with Crippen molar-refractivity contribution in [3.8, 4) is 0 Å². The average molecular weight is 139 g/mol. The van der Waals surface area contributed by atoms with Gasteiger partial charge in [-0.3, -0.25) is 0 Å². The van der Waals surface area contributed by atoms with Gasteiger partial charge in [0.05, 0.1) is 6.61 Å². The zero-order valence-corrected chi connectivity index (χ0v) is 6.17. The lowest BCUT2D eigenvalue weighted by molar-refractivity contribution is 0.328. The third kappa shape index (κ3) is 4.04. The Bertz CT molecular complexity index is 141. The van der Waals surface area contributed by atoms with E-state index in [2.05, 4.69) is 0 Å². The first kappa shape index (κ1) is 9.11. The van der Waals surface area contributed by atoms with E-state index in [0.29, 0.717) is 0 Å². The highest BCUT2D eigenvalue weighted by molar-refractivity contribution is 5.68. The van der Waals surface area contributed by atoms with Gasteiger partial charge in [0.2, 0.25) is 0 Å². The van der Waals surface area contributed by atoms with Gasteiger partial charge in [-0.25, -0.2) is 0 Å². The standard InChI is InChI=1S/C8H13NO/c1-2-8(7-10)5-3-4-6-9/h3-6,9-10H,2,7H2,1H3/b4-3+,8-5+,9-6?. The summed E-state index contributed by atoms with van der Waals surface area (Å²) in [4.78, 5) is 0. The number of hydrogen-bond donors (Lipinski definition) is 2. The Morgan fingerprint density at radius 3 is 2.60 bits per heavy atom. The molecule has 0 aromatic heterocycles. The van der Waals surface area contributed by atoms with Gasteiger partial charge < -0.3 is 10.5 Å². The summed E-state index contributed by atoms with van der Waals surface area (Å²) in [5.74, 6) is 0. The van der Waals surface area contributed by atoms with Crippen molar-refractivity contribution < 1.29 is 5.11 Å². The first-order valence-electron chi connectivity index (χ1n) is 3.31. The molecule has 0 fully saturated rings. The largest absolute Gasteiger partial charge is 0.392 e. The molecule has 0 spiro atoms. The van der Waals surface area contributed by atoms with Crippen molar-refractivity contribution in [1.82, 2.24) is 0 Å². The fraction of sp³-hybridized carbons (Fsp3) is 0.375. The maximum atomic E-state index is 8.67. The minimum Gasteiger partial charge on any atom is -0.392 e. The summed E-state index contributed by atoms with van der Waals surface area (Å²) in [6.07, 6.45) is 7.26. The van der Waals surface area contributed by atoms with Crippen LogP contribution < -0.4 is 0 Å². The fourth-order valence-corrected chi connectivity index (χ4v) is 0.530. The van der Waals surface area contributed by atoms with E-state index in [1.807, 2.05) is 13.0 Å². The predicted molar refractivity (Wildman–Crippen MR) is 43.4 cm³/mol. The molecule has 56 valence electrons. The molecule has 0 bridgehead atoms. The molecule has 0 rings (SSSR count). The highest BCUT2D eigenvalue weighted by Gasteiger charge is 1.85. The van der Waals surface area contributed by atoms with Crippen molar-refractivity contribution >= 4 is 6.21 Å². The SMILES string of the molecule is CC/C(=C\C=C\C=N)CO. The van der Waals surface area contributed by atoms with Gasteiger partial charge in [-0.2, -0.15) is 0 Å². The smallest absolute Gasteiger partial charge is 0.0644 e. The van der Waals surface area contributed by atoms with Crippen LogP contribution in [0.4, 0.5) is 0 Å². The summed E-state index contributed by atoms with van der Waals surface area (Å²) in [7, 11) is 0. The summed E-state index contributed by atoms with van der Waals surface area (Å²) in [5.41, 5.74) is 0.984. The first-order valence-corrected chi connectivity index (χ1v) is 3.31. The van der Waals surface area contributed by atoms with E-state index in [-0.39, 0.29) is 6.61 Å². The van der Waals surface area contributed by atoms with Crippen molar-refractivity contribution in [1.29, 1.82) is 5.41 Å². The van der Waals surface area contributed by atoms with Crippen LogP contribution in [0.2, 0.25) is 0 Å². The summed E-state index contributed by atoms with van der Waals surface area (Å²) in [5, 5.41) is 15.3. The van der Waals surface area contributed by atoms with Gasteiger partial charge in [-0.1, -0.05) is 19.1 Å². The molecule has 0 aromatic rings. The highest BCUT2D eigenvalue weighted by Crippen LogP contribution is 1.97. The molecule has 10 heavy (non-hydrogen) atoms. The molecule has 0 saturated heterocycles. The lowest BCUT2D eigenvalue weighted by Gasteiger charge is -1.93. The van der Waals surface area contributed by atoms with Crippen LogP contribution in [-0.4, -0.2) is 17.9 Å². The highest BCUT2D eigenvalue weighted by atomic mass is 16.3. The van der Waals surface area contributed by atoms with E-state index in [1.54, 1.807) is 12.2 Å². The van der Waals surface area contributed by atoms with Gasteiger partial charge in [0.1, 0.15) is 0 Å². The van der Waals surface area contributed by atoms with Crippen molar-refractivity contribution in [3.63, 3.8) is 0 Å². The molecule has 2 N–H and O–H groups in total. The Morgan fingerprint density at radius 1 is 1.50 bits per heavy atom. The van der Waals surface area contributed by atoms with Crippen LogP contribution in [0.25, 0.3) is 0 Å². The van der Waals surface area contributed by atoms with E-state index in [9.17, 15) is 0 Å². The molecular weight excluding hydrogens is 126 g/mol. The van der Waals surface area contributed by atoms with E-state index in [1.165, 1.54) is 6.21 Å². The second kappa shape index (κ2) is 6.23. The number of aliphatic hydroxyl groups excluding tert-OH is 1. The number of rotatable bonds is 4. The second-order valence-corrected chi connectivity index (χ2v) is 1.89. The second-order valence-electron chi connectivity index (χ2n) is 1.89. The zero-order valence-electron chi connectivity index (χ0n) is 6.17. The van der Waals surface area contributed by atoms with E-state index in [0.717, 1.165) is 12.0 Å². The number of allylic oxidation sites excluding steroid dienone is 3. The minimum atomic E-state index is 0.110. The lowest BCUT2D eigenvalue weighted by Crippen LogP contribution is -1.86. The van der Waals surface area contributed by atoms with Gasteiger partial charge in [0.15, 0.2) is 0 Å². The first-order chi connectivity index (χ1) is 4.85. The van der Waals surface area contributed by atoms with Crippen LogP contribution in [0.15, 0.2) is 23.8 Å². The van der Waals surface area contributed by atoms with E-state index in [4.69, 9.17) is 10.5 Å². The van der Waals surface area contributed by atoms with Crippen LogP contribution in [0, 0.1) is 5.41 Å². The predicted octanol–water partition coefficient (Wildman–Crippen LogP) is 1.52.